The van der Waals surface area contributed by atoms with Gasteiger partial charge in [-0.25, -0.2) is 4.98 Å². The molecule has 0 aliphatic carbocycles. The Kier molecular flexibility index (Phi) is 5.71. The zero-order valence-corrected chi connectivity index (χ0v) is 19.7. The summed E-state index contributed by atoms with van der Waals surface area (Å²) in [5, 5.41) is 0.495. The van der Waals surface area contributed by atoms with E-state index >= 15 is 0 Å². The van der Waals surface area contributed by atoms with Crippen LogP contribution in [0.25, 0.3) is 10.9 Å². The van der Waals surface area contributed by atoms with E-state index in [0.717, 1.165) is 18.7 Å². The predicted molar refractivity (Wildman–Crippen MR) is 129 cm³/mol. The lowest BCUT2D eigenvalue weighted by Crippen LogP contribution is -2.55. The number of hydrogen-bond acceptors (Lipinski definition) is 7. The average Bonchev–Trinajstić information content (AvgIpc) is 3.40. The summed E-state index contributed by atoms with van der Waals surface area (Å²) < 4.78 is 18.9. The molecular formula is C26H26N4O6. The SMILES string of the molecule is O=C(COc1ccc2nc3n(c(=O)c2c1)CCC3)N1CCN(C(=O)[C@H]2COc3ccccc3O2)CC1. The van der Waals surface area contributed by atoms with Gasteiger partial charge in [0.2, 0.25) is 6.10 Å². The van der Waals surface area contributed by atoms with Gasteiger partial charge in [0.15, 0.2) is 18.1 Å². The van der Waals surface area contributed by atoms with Crippen LogP contribution in [-0.4, -0.2) is 76.7 Å². The number of piperazine rings is 1. The Bertz CT molecular complexity index is 1390. The molecule has 186 valence electrons. The fraction of sp³-hybridized carbons (Fsp3) is 0.385. The second-order valence-electron chi connectivity index (χ2n) is 9.13. The van der Waals surface area contributed by atoms with Crippen molar-refractivity contribution in [2.45, 2.75) is 25.5 Å². The number of carbonyl (C=O) groups excluding carboxylic acids is 2. The summed E-state index contributed by atoms with van der Waals surface area (Å²) in [6, 6.07) is 12.4. The largest absolute Gasteiger partial charge is 0.485 e. The molecule has 3 aromatic rings. The lowest BCUT2D eigenvalue weighted by atomic mass is 10.2. The van der Waals surface area contributed by atoms with Crippen molar-refractivity contribution < 1.29 is 23.8 Å². The van der Waals surface area contributed by atoms with Gasteiger partial charge >= 0.3 is 0 Å². The second kappa shape index (κ2) is 9.18. The Morgan fingerprint density at radius 1 is 1.00 bits per heavy atom. The highest BCUT2D eigenvalue weighted by molar-refractivity contribution is 5.83. The first-order valence-corrected chi connectivity index (χ1v) is 12.2. The maximum atomic E-state index is 12.9. The number of benzene rings is 2. The van der Waals surface area contributed by atoms with Gasteiger partial charge < -0.3 is 24.0 Å². The van der Waals surface area contributed by atoms with E-state index in [9.17, 15) is 14.4 Å². The molecule has 1 saturated heterocycles. The van der Waals surface area contributed by atoms with Gasteiger partial charge in [-0.05, 0) is 36.8 Å². The van der Waals surface area contributed by atoms with Gasteiger partial charge in [0.25, 0.3) is 17.4 Å². The number of nitrogens with zero attached hydrogens (tertiary/aromatic N) is 4. The van der Waals surface area contributed by atoms with E-state index in [-0.39, 0.29) is 30.6 Å². The third-order valence-corrected chi connectivity index (χ3v) is 6.88. The van der Waals surface area contributed by atoms with E-state index in [4.69, 9.17) is 14.2 Å². The van der Waals surface area contributed by atoms with Gasteiger partial charge in [0, 0.05) is 39.1 Å². The molecule has 0 N–H and O–H groups in total. The monoisotopic (exact) mass is 490 g/mol. The highest BCUT2D eigenvalue weighted by atomic mass is 16.6. The van der Waals surface area contributed by atoms with E-state index in [0.29, 0.717) is 60.9 Å². The molecule has 0 radical (unpaired) electrons. The fourth-order valence-corrected chi connectivity index (χ4v) is 4.91. The number of para-hydroxylation sites is 2. The first kappa shape index (κ1) is 22.4. The van der Waals surface area contributed by atoms with E-state index in [1.807, 2.05) is 18.2 Å². The molecule has 2 amide bonds. The summed E-state index contributed by atoms with van der Waals surface area (Å²) >= 11 is 0. The van der Waals surface area contributed by atoms with Crippen molar-refractivity contribution in [1.82, 2.24) is 19.4 Å². The fourth-order valence-electron chi connectivity index (χ4n) is 4.91. The molecule has 1 aromatic heterocycles. The maximum absolute atomic E-state index is 12.9. The van der Waals surface area contributed by atoms with Gasteiger partial charge in [0.05, 0.1) is 10.9 Å². The lowest BCUT2D eigenvalue weighted by Gasteiger charge is -2.37. The highest BCUT2D eigenvalue weighted by Gasteiger charge is 2.33. The van der Waals surface area contributed by atoms with Crippen LogP contribution in [-0.2, 0) is 22.6 Å². The van der Waals surface area contributed by atoms with Gasteiger partial charge in [-0.2, -0.15) is 0 Å². The predicted octanol–water partition coefficient (Wildman–Crippen LogP) is 1.23. The van der Waals surface area contributed by atoms with E-state index < -0.39 is 6.10 Å². The molecule has 0 spiro atoms. The van der Waals surface area contributed by atoms with Crippen LogP contribution in [0.4, 0.5) is 0 Å². The minimum Gasteiger partial charge on any atom is -0.485 e. The van der Waals surface area contributed by atoms with Crippen molar-refractivity contribution >= 4 is 22.7 Å². The Hall–Kier alpha value is -4.08. The Morgan fingerprint density at radius 3 is 2.61 bits per heavy atom. The summed E-state index contributed by atoms with van der Waals surface area (Å²) in [5.74, 6) is 2.16. The van der Waals surface area contributed by atoms with Crippen molar-refractivity contribution in [3.05, 3.63) is 58.6 Å². The highest BCUT2D eigenvalue weighted by Crippen LogP contribution is 2.31. The summed E-state index contributed by atoms with van der Waals surface area (Å²) in [6.07, 6.45) is 1.04. The number of amides is 2. The molecular weight excluding hydrogens is 464 g/mol. The third kappa shape index (κ3) is 4.12. The van der Waals surface area contributed by atoms with E-state index in [2.05, 4.69) is 4.98 Å². The topological polar surface area (TPSA) is 103 Å². The van der Waals surface area contributed by atoms with Crippen LogP contribution in [0.1, 0.15) is 12.2 Å². The summed E-state index contributed by atoms with van der Waals surface area (Å²) in [7, 11) is 0. The van der Waals surface area contributed by atoms with E-state index in [1.165, 1.54) is 0 Å². The minimum atomic E-state index is -0.696. The molecule has 0 saturated carbocycles. The molecule has 0 bridgehead atoms. The van der Waals surface area contributed by atoms with Crippen LogP contribution in [0.15, 0.2) is 47.3 Å². The molecule has 10 heteroatoms. The molecule has 6 rings (SSSR count). The van der Waals surface area contributed by atoms with Gasteiger partial charge in [-0.1, -0.05) is 12.1 Å². The first-order valence-electron chi connectivity index (χ1n) is 12.2. The van der Waals surface area contributed by atoms with Crippen LogP contribution in [0.2, 0.25) is 0 Å². The molecule has 36 heavy (non-hydrogen) atoms. The summed E-state index contributed by atoms with van der Waals surface area (Å²) in [5.41, 5.74) is 0.573. The number of fused-ring (bicyclic) bond motifs is 3. The van der Waals surface area contributed by atoms with Gasteiger partial charge in [-0.15, -0.1) is 0 Å². The van der Waals surface area contributed by atoms with Crippen LogP contribution in [0.5, 0.6) is 17.2 Å². The lowest BCUT2D eigenvalue weighted by molar-refractivity contribution is -0.146. The Labute approximate surface area is 207 Å². The van der Waals surface area contributed by atoms with Crippen LogP contribution >= 0.6 is 0 Å². The van der Waals surface area contributed by atoms with Crippen molar-refractivity contribution in [1.29, 1.82) is 0 Å². The van der Waals surface area contributed by atoms with Crippen LogP contribution < -0.4 is 19.8 Å². The Morgan fingerprint density at radius 2 is 1.78 bits per heavy atom. The van der Waals surface area contributed by atoms with Crippen LogP contribution in [0.3, 0.4) is 0 Å². The van der Waals surface area contributed by atoms with Gasteiger partial charge in [0.1, 0.15) is 18.2 Å². The van der Waals surface area contributed by atoms with Crippen molar-refractivity contribution in [3.63, 3.8) is 0 Å². The number of hydrogen-bond donors (Lipinski definition) is 0. The number of aromatic nitrogens is 2. The smallest absolute Gasteiger partial charge is 0.267 e. The second-order valence-corrected chi connectivity index (χ2v) is 9.13. The molecule has 4 heterocycles. The molecule has 1 atom stereocenters. The molecule has 10 nitrogen and oxygen atoms in total. The molecule has 0 unspecified atom stereocenters. The molecule has 2 aromatic carbocycles. The zero-order valence-electron chi connectivity index (χ0n) is 19.7. The number of carbonyl (C=O) groups is 2. The molecule has 3 aliphatic rings. The summed E-state index contributed by atoms with van der Waals surface area (Å²) in [6.45, 7) is 2.35. The minimum absolute atomic E-state index is 0.0686. The quantitative estimate of drug-likeness (QED) is 0.542. The van der Waals surface area contributed by atoms with Crippen molar-refractivity contribution in [3.8, 4) is 17.2 Å². The van der Waals surface area contributed by atoms with Crippen molar-refractivity contribution in [2.24, 2.45) is 0 Å². The standard InChI is InChI=1S/C26H26N4O6/c31-24(16-34-17-7-8-19-18(14-17)25(32)30-9-3-6-23(30)27-19)28-10-12-29(13-11-28)26(33)22-15-35-20-4-1-2-5-21(20)36-22/h1-2,4-5,7-8,14,22H,3,6,9-13,15-16H2/t22-/m1/s1. The Balaban J connectivity index is 1.03. The zero-order chi connectivity index (χ0) is 24.6. The summed E-state index contributed by atoms with van der Waals surface area (Å²) in [4.78, 5) is 46.4. The van der Waals surface area contributed by atoms with Crippen molar-refractivity contribution in [2.75, 3.05) is 39.4 Å². The average molecular weight is 491 g/mol. The van der Waals surface area contributed by atoms with E-state index in [1.54, 1.807) is 38.6 Å². The van der Waals surface area contributed by atoms with Gasteiger partial charge in [-0.3, -0.25) is 19.0 Å². The third-order valence-electron chi connectivity index (χ3n) is 6.88. The maximum Gasteiger partial charge on any atom is 0.267 e. The number of aryl methyl sites for hydroxylation is 1. The normalized spacial score (nSPS) is 18.7. The first-order chi connectivity index (χ1) is 17.6. The number of rotatable bonds is 4. The molecule has 1 fully saturated rings. The van der Waals surface area contributed by atoms with Crippen LogP contribution in [0, 0.1) is 0 Å². The molecule has 3 aliphatic heterocycles. The number of ether oxygens (including phenoxy) is 3.